The molecule has 2 N–H and O–H groups in total. The summed E-state index contributed by atoms with van der Waals surface area (Å²) in [5.74, 6) is 1.13. The Bertz CT molecular complexity index is 148. The monoisotopic (exact) mass is 259 g/mol. The van der Waals surface area contributed by atoms with E-state index in [1.807, 2.05) is 11.8 Å². The molecule has 0 aromatic rings. The Hall–Kier alpha value is 0.310. The van der Waals surface area contributed by atoms with Gasteiger partial charge in [-0.25, -0.2) is 0 Å². The van der Waals surface area contributed by atoms with Crippen LogP contribution in [0.2, 0.25) is 0 Å². The minimum absolute atomic E-state index is 0.419. The molecule has 2 heteroatoms. The van der Waals surface area contributed by atoms with Crippen LogP contribution in [0.25, 0.3) is 0 Å². The van der Waals surface area contributed by atoms with Crippen molar-refractivity contribution in [2.45, 2.75) is 89.9 Å². The first-order chi connectivity index (χ1) is 8.16. The second-order valence-corrected chi connectivity index (χ2v) is 7.02. The first-order valence-corrected chi connectivity index (χ1v) is 8.58. The summed E-state index contributed by atoms with van der Waals surface area (Å²) >= 11 is 1.99. The molecule has 0 fully saturated rings. The number of nitrogens with two attached hydrogens (primary N) is 1. The van der Waals surface area contributed by atoms with E-state index in [-0.39, 0.29) is 0 Å². The van der Waals surface area contributed by atoms with Crippen LogP contribution in [0, 0.1) is 0 Å². The zero-order valence-electron chi connectivity index (χ0n) is 12.2. The van der Waals surface area contributed by atoms with Crippen LogP contribution in [-0.2, 0) is 0 Å². The van der Waals surface area contributed by atoms with Gasteiger partial charge in [-0.2, -0.15) is 11.8 Å². The summed E-state index contributed by atoms with van der Waals surface area (Å²) in [6.45, 7) is 6.76. The second kappa shape index (κ2) is 12.8. The van der Waals surface area contributed by atoms with Gasteiger partial charge in [0.2, 0.25) is 0 Å². The minimum Gasteiger partial charge on any atom is -0.327 e. The van der Waals surface area contributed by atoms with Crippen LogP contribution in [0.4, 0.5) is 0 Å². The molecule has 0 radical (unpaired) electrons. The number of thioether (sulfide) groups is 1. The predicted molar refractivity (Wildman–Crippen MR) is 82.8 cm³/mol. The molecule has 0 spiro atoms. The Morgan fingerprint density at radius 1 is 0.882 bits per heavy atom. The second-order valence-electron chi connectivity index (χ2n) is 5.41. The van der Waals surface area contributed by atoms with Crippen LogP contribution < -0.4 is 5.73 Å². The highest BCUT2D eigenvalue weighted by Gasteiger charge is 2.03. The van der Waals surface area contributed by atoms with Gasteiger partial charge in [-0.3, -0.25) is 0 Å². The SMILES string of the molecule is CCCCCCCCCCC(N)CSC(C)C. The molecule has 104 valence electrons. The lowest BCUT2D eigenvalue weighted by Gasteiger charge is -2.12. The van der Waals surface area contributed by atoms with Gasteiger partial charge in [0.05, 0.1) is 0 Å². The van der Waals surface area contributed by atoms with Crippen LogP contribution in [-0.4, -0.2) is 17.0 Å². The molecule has 0 saturated heterocycles. The lowest BCUT2D eigenvalue weighted by atomic mass is 10.1. The molecule has 0 bridgehead atoms. The Balaban J connectivity index is 3.11. The van der Waals surface area contributed by atoms with Gasteiger partial charge in [-0.15, -0.1) is 0 Å². The van der Waals surface area contributed by atoms with Gasteiger partial charge in [-0.05, 0) is 11.7 Å². The Morgan fingerprint density at radius 2 is 1.41 bits per heavy atom. The van der Waals surface area contributed by atoms with Gasteiger partial charge < -0.3 is 5.73 Å². The van der Waals surface area contributed by atoms with Gasteiger partial charge in [0.1, 0.15) is 0 Å². The van der Waals surface area contributed by atoms with E-state index in [4.69, 9.17) is 5.73 Å². The molecular formula is C15H33NS. The van der Waals surface area contributed by atoms with Crippen LogP contribution in [0.3, 0.4) is 0 Å². The third-order valence-corrected chi connectivity index (χ3v) is 4.36. The van der Waals surface area contributed by atoms with Crippen LogP contribution in [0.15, 0.2) is 0 Å². The lowest BCUT2D eigenvalue weighted by Crippen LogP contribution is -2.23. The molecule has 1 nitrogen and oxygen atoms in total. The molecule has 0 amide bonds. The number of hydrogen-bond donors (Lipinski definition) is 1. The summed E-state index contributed by atoms with van der Waals surface area (Å²) in [6, 6.07) is 0.419. The van der Waals surface area contributed by atoms with E-state index < -0.39 is 0 Å². The maximum Gasteiger partial charge on any atom is 0.0130 e. The van der Waals surface area contributed by atoms with Crippen molar-refractivity contribution in [2.24, 2.45) is 5.73 Å². The van der Waals surface area contributed by atoms with Crippen molar-refractivity contribution in [2.75, 3.05) is 5.75 Å². The fourth-order valence-electron chi connectivity index (χ4n) is 1.94. The van der Waals surface area contributed by atoms with Crippen molar-refractivity contribution in [3.63, 3.8) is 0 Å². The van der Waals surface area contributed by atoms with E-state index in [1.165, 1.54) is 57.8 Å². The van der Waals surface area contributed by atoms with Crippen molar-refractivity contribution < 1.29 is 0 Å². The highest BCUT2D eigenvalue weighted by molar-refractivity contribution is 7.99. The van der Waals surface area contributed by atoms with Crippen LogP contribution in [0.1, 0.15) is 78.6 Å². The molecule has 0 aliphatic rings. The molecule has 0 rings (SSSR count). The van der Waals surface area contributed by atoms with Crippen LogP contribution in [0.5, 0.6) is 0 Å². The van der Waals surface area contributed by atoms with E-state index in [2.05, 4.69) is 20.8 Å². The van der Waals surface area contributed by atoms with Crippen LogP contribution >= 0.6 is 11.8 Å². The fraction of sp³-hybridized carbons (Fsp3) is 1.00. The van der Waals surface area contributed by atoms with Gasteiger partial charge in [0.25, 0.3) is 0 Å². The summed E-state index contributed by atoms with van der Waals surface area (Å²) in [7, 11) is 0. The zero-order chi connectivity index (χ0) is 12.9. The number of hydrogen-bond acceptors (Lipinski definition) is 2. The topological polar surface area (TPSA) is 26.0 Å². The Labute approximate surface area is 113 Å². The van der Waals surface area contributed by atoms with Gasteiger partial charge in [0.15, 0.2) is 0 Å². The van der Waals surface area contributed by atoms with Gasteiger partial charge in [0, 0.05) is 11.8 Å². The normalized spacial score (nSPS) is 13.2. The van der Waals surface area contributed by atoms with Crippen molar-refractivity contribution in [1.82, 2.24) is 0 Å². The Kier molecular flexibility index (Phi) is 13.0. The summed E-state index contributed by atoms with van der Waals surface area (Å²) in [5.41, 5.74) is 6.08. The molecule has 0 aromatic carbocycles. The largest absolute Gasteiger partial charge is 0.327 e. The fourth-order valence-corrected chi connectivity index (χ4v) is 2.74. The van der Waals surface area contributed by atoms with Crippen molar-refractivity contribution >= 4 is 11.8 Å². The smallest absolute Gasteiger partial charge is 0.0130 e. The molecule has 0 aromatic heterocycles. The lowest BCUT2D eigenvalue weighted by molar-refractivity contribution is 0.543. The third-order valence-electron chi connectivity index (χ3n) is 3.07. The number of rotatable bonds is 12. The average molecular weight is 260 g/mol. The van der Waals surface area contributed by atoms with E-state index in [1.54, 1.807) is 0 Å². The Morgan fingerprint density at radius 3 is 1.94 bits per heavy atom. The average Bonchev–Trinajstić information content (AvgIpc) is 2.30. The molecule has 17 heavy (non-hydrogen) atoms. The standard InChI is InChI=1S/C15H33NS/c1-4-5-6-7-8-9-10-11-12-15(16)13-17-14(2)3/h14-15H,4-13,16H2,1-3H3. The number of unbranched alkanes of at least 4 members (excludes halogenated alkanes) is 7. The highest BCUT2D eigenvalue weighted by Crippen LogP contribution is 2.14. The molecule has 0 saturated carbocycles. The zero-order valence-corrected chi connectivity index (χ0v) is 13.0. The molecule has 1 atom stereocenters. The molecule has 0 heterocycles. The van der Waals surface area contributed by atoms with Crippen molar-refractivity contribution in [3.05, 3.63) is 0 Å². The predicted octanol–water partition coefficient (Wildman–Crippen LogP) is 4.99. The first-order valence-electron chi connectivity index (χ1n) is 7.54. The third kappa shape index (κ3) is 14.2. The van der Waals surface area contributed by atoms with E-state index >= 15 is 0 Å². The quantitative estimate of drug-likeness (QED) is 0.500. The highest BCUT2D eigenvalue weighted by atomic mass is 32.2. The van der Waals surface area contributed by atoms with Crippen molar-refractivity contribution in [3.8, 4) is 0 Å². The van der Waals surface area contributed by atoms with E-state index in [0.29, 0.717) is 6.04 Å². The summed E-state index contributed by atoms with van der Waals surface area (Å²) in [5, 5.41) is 0.722. The van der Waals surface area contributed by atoms with E-state index in [9.17, 15) is 0 Å². The first kappa shape index (κ1) is 17.3. The molecular weight excluding hydrogens is 226 g/mol. The van der Waals surface area contributed by atoms with Crippen molar-refractivity contribution in [1.29, 1.82) is 0 Å². The molecule has 0 aliphatic carbocycles. The summed E-state index contributed by atoms with van der Waals surface area (Å²) in [4.78, 5) is 0. The summed E-state index contributed by atoms with van der Waals surface area (Å²) < 4.78 is 0. The van der Waals surface area contributed by atoms with Gasteiger partial charge >= 0.3 is 0 Å². The summed E-state index contributed by atoms with van der Waals surface area (Å²) in [6.07, 6.45) is 12.4. The minimum atomic E-state index is 0.419. The maximum atomic E-state index is 6.08. The molecule has 1 unspecified atom stereocenters. The van der Waals surface area contributed by atoms with Gasteiger partial charge in [-0.1, -0.05) is 72.1 Å². The molecule has 0 aliphatic heterocycles. The van der Waals surface area contributed by atoms with E-state index in [0.717, 1.165) is 11.0 Å². The maximum absolute atomic E-state index is 6.08.